The van der Waals surface area contributed by atoms with E-state index >= 15 is 0 Å². The molecule has 0 aliphatic heterocycles. The number of amides is 1. The summed E-state index contributed by atoms with van der Waals surface area (Å²) in [5.74, 6) is -1.09. The molecule has 0 aliphatic carbocycles. The van der Waals surface area contributed by atoms with Crippen molar-refractivity contribution in [3.63, 3.8) is 0 Å². The minimum Gasteiger partial charge on any atom is -0.354 e. The fourth-order valence-corrected chi connectivity index (χ4v) is 2.87. The van der Waals surface area contributed by atoms with Crippen LogP contribution in [-0.4, -0.2) is 59.2 Å². The second-order valence-electron chi connectivity index (χ2n) is 5.37. The second kappa shape index (κ2) is 8.47. The molecule has 0 heterocycles. The van der Waals surface area contributed by atoms with Gasteiger partial charge < -0.3 is 10.2 Å². The van der Waals surface area contributed by atoms with Crippen molar-refractivity contribution in [3.05, 3.63) is 29.0 Å². The molecule has 130 valence electrons. The first-order chi connectivity index (χ1) is 10.6. The zero-order valence-electron chi connectivity index (χ0n) is 13.3. The summed E-state index contributed by atoms with van der Waals surface area (Å²) < 4.78 is 37.9. The van der Waals surface area contributed by atoms with E-state index in [0.717, 1.165) is 29.6 Å². The van der Waals surface area contributed by atoms with Gasteiger partial charge in [0.2, 0.25) is 15.9 Å². The van der Waals surface area contributed by atoms with Gasteiger partial charge in [0.15, 0.2) is 0 Å². The van der Waals surface area contributed by atoms with Gasteiger partial charge in [-0.3, -0.25) is 9.10 Å². The molecule has 0 aromatic heterocycles. The van der Waals surface area contributed by atoms with Crippen molar-refractivity contribution < 1.29 is 17.6 Å². The molecule has 1 aromatic rings. The quantitative estimate of drug-likeness (QED) is 0.705. The Labute approximate surface area is 141 Å². The number of nitrogens with one attached hydrogen (secondary N) is 1. The number of halogens is 2. The van der Waals surface area contributed by atoms with Crippen LogP contribution in [0.1, 0.15) is 6.42 Å². The van der Waals surface area contributed by atoms with Gasteiger partial charge in [-0.2, -0.15) is 0 Å². The van der Waals surface area contributed by atoms with Crippen LogP contribution >= 0.6 is 11.6 Å². The topological polar surface area (TPSA) is 69.7 Å². The lowest BCUT2D eigenvalue weighted by Crippen LogP contribution is -2.41. The summed E-state index contributed by atoms with van der Waals surface area (Å²) in [6.45, 7) is 0.866. The Balaban J connectivity index is 2.76. The Hall–Kier alpha value is -1.38. The lowest BCUT2D eigenvalue weighted by Gasteiger charge is -2.22. The summed E-state index contributed by atoms with van der Waals surface area (Å²) in [6.07, 6.45) is 1.73. The second-order valence-corrected chi connectivity index (χ2v) is 7.69. The van der Waals surface area contributed by atoms with E-state index in [2.05, 4.69) is 5.32 Å². The number of carbonyl (C=O) groups is 1. The van der Waals surface area contributed by atoms with Crippen LogP contribution in [0.3, 0.4) is 0 Å². The van der Waals surface area contributed by atoms with Crippen LogP contribution in [0.2, 0.25) is 5.02 Å². The van der Waals surface area contributed by atoms with Gasteiger partial charge in [-0.1, -0.05) is 11.6 Å². The first-order valence-corrected chi connectivity index (χ1v) is 9.18. The number of anilines is 1. The molecule has 1 amide bonds. The number of sulfonamides is 1. The molecule has 0 fully saturated rings. The van der Waals surface area contributed by atoms with E-state index in [-0.39, 0.29) is 17.3 Å². The highest BCUT2D eigenvalue weighted by atomic mass is 35.5. The van der Waals surface area contributed by atoms with E-state index in [1.54, 1.807) is 0 Å². The maximum Gasteiger partial charge on any atom is 0.240 e. The first-order valence-electron chi connectivity index (χ1n) is 6.95. The monoisotopic (exact) mass is 365 g/mol. The summed E-state index contributed by atoms with van der Waals surface area (Å²) in [4.78, 5) is 13.9. The molecule has 0 atom stereocenters. The molecular weight excluding hydrogens is 345 g/mol. The smallest absolute Gasteiger partial charge is 0.240 e. The first kappa shape index (κ1) is 19.7. The molecule has 1 rings (SSSR count). The van der Waals surface area contributed by atoms with Crippen molar-refractivity contribution in [1.82, 2.24) is 10.2 Å². The molecule has 0 radical (unpaired) electrons. The van der Waals surface area contributed by atoms with Gasteiger partial charge in [-0.05, 0) is 45.3 Å². The molecule has 0 unspecified atom stereocenters. The van der Waals surface area contributed by atoms with Gasteiger partial charge in [0, 0.05) is 6.54 Å². The van der Waals surface area contributed by atoms with Gasteiger partial charge in [-0.25, -0.2) is 12.8 Å². The van der Waals surface area contributed by atoms with Crippen LogP contribution in [-0.2, 0) is 14.8 Å². The largest absolute Gasteiger partial charge is 0.354 e. The molecule has 1 N–H and O–H groups in total. The Bertz CT molecular complexity index is 653. The van der Waals surface area contributed by atoms with E-state index in [0.29, 0.717) is 6.54 Å². The molecule has 23 heavy (non-hydrogen) atoms. The fraction of sp³-hybridized carbons (Fsp3) is 0.500. The predicted molar refractivity (Wildman–Crippen MR) is 89.8 cm³/mol. The number of benzene rings is 1. The van der Waals surface area contributed by atoms with Crippen molar-refractivity contribution in [3.8, 4) is 0 Å². The SMILES string of the molecule is CN(C)CCCNC(=O)CN(c1ccc(F)c(Cl)c1)S(C)(=O)=O. The molecule has 0 aliphatic rings. The molecular formula is C14H21ClFN3O3S. The highest BCUT2D eigenvalue weighted by molar-refractivity contribution is 7.92. The van der Waals surface area contributed by atoms with E-state index < -0.39 is 21.7 Å². The zero-order valence-corrected chi connectivity index (χ0v) is 14.9. The summed E-state index contributed by atoms with van der Waals surface area (Å²) in [7, 11) is 0.141. The van der Waals surface area contributed by atoms with Crippen LogP contribution < -0.4 is 9.62 Å². The van der Waals surface area contributed by atoms with Gasteiger partial charge in [0.25, 0.3) is 0 Å². The fourth-order valence-electron chi connectivity index (χ4n) is 1.85. The van der Waals surface area contributed by atoms with Crippen LogP contribution in [0.5, 0.6) is 0 Å². The average molecular weight is 366 g/mol. The Morgan fingerprint density at radius 2 is 2.00 bits per heavy atom. The van der Waals surface area contributed by atoms with Crippen molar-refractivity contribution in [2.24, 2.45) is 0 Å². The molecule has 0 saturated carbocycles. The summed E-state index contributed by atoms with van der Waals surface area (Å²) in [6, 6.07) is 3.50. The number of rotatable bonds is 8. The normalized spacial score (nSPS) is 11.6. The lowest BCUT2D eigenvalue weighted by molar-refractivity contribution is -0.119. The molecule has 1 aromatic carbocycles. The summed E-state index contributed by atoms with van der Waals surface area (Å²) >= 11 is 5.67. The van der Waals surface area contributed by atoms with Crippen molar-refractivity contribution in [2.75, 3.05) is 44.3 Å². The van der Waals surface area contributed by atoms with Crippen LogP contribution in [0.4, 0.5) is 10.1 Å². The zero-order chi connectivity index (χ0) is 17.6. The van der Waals surface area contributed by atoms with E-state index in [9.17, 15) is 17.6 Å². The average Bonchev–Trinajstić information content (AvgIpc) is 2.43. The third kappa shape index (κ3) is 6.72. The Morgan fingerprint density at radius 3 is 2.52 bits per heavy atom. The maximum absolute atomic E-state index is 13.2. The van der Waals surface area contributed by atoms with Crippen molar-refractivity contribution >= 4 is 33.2 Å². The van der Waals surface area contributed by atoms with Gasteiger partial charge >= 0.3 is 0 Å². The van der Waals surface area contributed by atoms with Crippen molar-refractivity contribution in [1.29, 1.82) is 0 Å². The lowest BCUT2D eigenvalue weighted by atomic mass is 10.3. The molecule has 6 nitrogen and oxygen atoms in total. The van der Waals surface area contributed by atoms with Crippen LogP contribution in [0, 0.1) is 5.82 Å². The molecule has 9 heteroatoms. The van der Waals surface area contributed by atoms with Gasteiger partial charge in [0.05, 0.1) is 17.0 Å². The third-order valence-corrected chi connectivity index (χ3v) is 4.41. The standard InChI is InChI=1S/C14H21ClFN3O3S/c1-18(2)8-4-7-17-14(20)10-19(23(3,21)22)11-5-6-13(16)12(15)9-11/h5-6,9H,4,7-8,10H2,1-3H3,(H,17,20). The Kier molecular flexibility index (Phi) is 7.24. The van der Waals surface area contributed by atoms with Gasteiger partial charge in [0.1, 0.15) is 12.4 Å². The molecule has 0 spiro atoms. The summed E-state index contributed by atoms with van der Waals surface area (Å²) in [5, 5.41) is 2.45. The van der Waals surface area contributed by atoms with E-state index in [1.165, 1.54) is 12.1 Å². The van der Waals surface area contributed by atoms with Gasteiger partial charge in [-0.15, -0.1) is 0 Å². The van der Waals surface area contributed by atoms with Crippen molar-refractivity contribution in [2.45, 2.75) is 6.42 Å². The van der Waals surface area contributed by atoms with E-state index in [4.69, 9.17) is 11.6 Å². The Morgan fingerprint density at radius 1 is 1.35 bits per heavy atom. The minimum absolute atomic E-state index is 0.141. The van der Waals surface area contributed by atoms with Crippen LogP contribution in [0.15, 0.2) is 18.2 Å². The number of hydrogen-bond donors (Lipinski definition) is 1. The maximum atomic E-state index is 13.2. The highest BCUT2D eigenvalue weighted by Crippen LogP contribution is 2.24. The number of hydrogen-bond acceptors (Lipinski definition) is 4. The van der Waals surface area contributed by atoms with Crippen LogP contribution in [0.25, 0.3) is 0 Å². The number of carbonyl (C=O) groups excluding carboxylic acids is 1. The highest BCUT2D eigenvalue weighted by Gasteiger charge is 2.21. The van der Waals surface area contributed by atoms with E-state index in [1.807, 2.05) is 19.0 Å². The summed E-state index contributed by atoms with van der Waals surface area (Å²) in [5.41, 5.74) is 0.141. The molecule has 0 bridgehead atoms. The molecule has 0 saturated heterocycles. The minimum atomic E-state index is -3.70. The third-order valence-electron chi connectivity index (χ3n) is 2.98. The number of nitrogens with zero attached hydrogens (tertiary/aromatic N) is 2. The predicted octanol–water partition coefficient (Wildman–Crippen LogP) is 1.31.